The molecule has 4 nitrogen and oxygen atoms in total. The molecule has 4 heteroatoms. The molecule has 0 N–H and O–H groups in total. The molecule has 2 rings (SSSR count). The summed E-state index contributed by atoms with van der Waals surface area (Å²) in [5.74, 6) is 0.332. The minimum absolute atomic E-state index is 0.513. The van der Waals surface area contributed by atoms with Crippen LogP contribution in [0.5, 0.6) is 5.75 Å². The largest absolute Gasteiger partial charge is 0.494 e. The van der Waals surface area contributed by atoms with Gasteiger partial charge in [-0.2, -0.15) is 0 Å². The van der Waals surface area contributed by atoms with Crippen molar-refractivity contribution >= 4 is 18.3 Å². The summed E-state index contributed by atoms with van der Waals surface area (Å²) >= 11 is 0. The Morgan fingerprint density at radius 3 is 2.20 bits per heavy atom. The fourth-order valence-corrected chi connectivity index (χ4v) is 2.97. The molecule has 0 aliphatic rings. The lowest BCUT2D eigenvalue weighted by Crippen LogP contribution is -1.97. The molecule has 0 aliphatic carbocycles. The van der Waals surface area contributed by atoms with Crippen molar-refractivity contribution in [2.45, 2.75) is 58.3 Å². The first-order chi connectivity index (χ1) is 14.8. The number of ether oxygens (including phenoxy) is 1. The fourth-order valence-electron chi connectivity index (χ4n) is 2.97. The number of benzene rings is 2. The van der Waals surface area contributed by atoms with E-state index in [1.165, 1.54) is 57.2 Å². The Hall–Kier alpha value is -2.88. The molecule has 0 spiro atoms. The molecule has 160 valence electrons. The maximum atomic E-state index is 11.7. The highest BCUT2D eigenvalue weighted by Gasteiger charge is 1.97. The number of carbonyl (C=O) groups excluding carboxylic acids is 1. The first-order valence-electron chi connectivity index (χ1n) is 11.0. The maximum Gasteiger partial charge on any atom is 0.358 e. The molecule has 0 unspecified atom stereocenters. The van der Waals surface area contributed by atoms with E-state index in [9.17, 15) is 4.79 Å². The molecule has 0 aliphatic heterocycles. The van der Waals surface area contributed by atoms with Gasteiger partial charge in [-0.05, 0) is 47.9 Å². The van der Waals surface area contributed by atoms with Crippen molar-refractivity contribution in [1.29, 1.82) is 0 Å². The first-order valence-corrected chi connectivity index (χ1v) is 11.0. The van der Waals surface area contributed by atoms with Crippen LogP contribution in [0.2, 0.25) is 0 Å². The Kier molecular flexibility index (Phi) is 11.7. The van der Waals surface area contributed by atoms with Crippen LogP contribution in [0.15, 0.2) is 65.8 Å². The summed E-state index contributed by atoms with van der Waals surface area (Å²) in [4.78, 5) is 16.5. The Morgan fingerprint density at radius 2 is 1.50 bits per heavy atom. The van der Waals surface area contributed by atoms with Crippen molar-refractivity contribution in [3.05, 3.63) is 71.8 Å². The van der Waals surface area contributed by atoms with Crippen LogP contribution in [0.25, 0.3) is 6.08 Å². The van der Waals surface area contributed by atoms with E-state index in [0.29, 0.717) is 0 Å². The summed E-state index contributed by atoms with van der Waals surface area (Å²) in [6.07, 6.45) is 14.9. The lowest BCUT2D eigenvalue weighted by atomic mass is 10.1. The van der Waals surface area contributed by atoms with Gasteiger partial charge >= 0.3 is 5.97 Å². The molecule has 2 aromatic carbocycles. The average molecular weight is 408 g/mol. The highest BCUT2D eigenvalue weighted by molar-refractivity contribution is 5.88. The monoisotopic (exact) mass is 407 g/mol. The Morgan fingerprint density at radius 1 is 0.833 bits per heavy atom. The fraction of sp³-hybridized carbons (Fsp3) is 0.385. The van der Waals surface area contributed by atoms with Crippen LogP contribution >= 0.6 is 0 Å². The molecule has 0 amide bonds. The first kappa shape index (κ1) is 23.4. The molecule has 0 aromatic heterocycles. The zero-order chi connectivity index (χ0) is 21.3. The smallest absolute Gasteiger partial charge is 0.358 e. The van der Waals surface area contributed by atoms with Crippen molar-refractivity contribution in [2.24, 2.45) is 5.16 Å². The third-order valence-electron chi connectivity index (χ3n) is 4.70. The van der Waals surface area contributed by atoms with Crippen LogP contribution in [-0.2, 0) is 9.63 Å². The van der Waals surface area contributed by atoms with E-state index >= 15 is 0 Å². The summed E-state index contributed by atoms with van der Waals surface area (Å²) in [5, 5.41) is 3.74. The van der Waals surface area contributed by atoms with E-state index in [0.717, 1.165) is 29.9 Å². The van der Waals surface area contributed by atoms with E-state index < -0.39 is 5.97 Å². The molecule has 30 heavy (non-hydrogen) atoms. The second-order valence-electron chi connectivity index (χ2n) is 7.28. The number of oxime groups is 1. The third-order valence-corrected chi connectivity index (χ3v) is 4.70. The van der Waals surface area contributed by atoms with Gasteiger partial charge in [0, 0.05) is 6.08 Å². The molecule has 0 heterocycles. The summed E-state index contributed by atoms with van der Waals surface area (Å²) in [5.41, 5.74) is 1.77. The van der Waals surface area contributed by atoms with Crippen molar-refractivity contribution in [3.63, 3.8) is 0 Å². The van der Waals surface area contributed by atoms with Crippen LogP contribution in [0.1, 0.15) is 69.4 Å². The van der Waals surface area contributed by atoms with Gasteiger partial charge in [0.05, 0.1) is 12.8 Å². The topological polar surface area (TPSA) is 47.9 Å². The highest BCUT2D eigenvalue weighted by atomic mass is 16.7. The number of nitrogens with zero attached hydrogens (tertiary/aromatic N) is 1. The summed E-state index contributed by atoms with van der Waals surface area (Å²) in [6.45, 7) is 2.99. The van der Waals surface area contributed by atoms with Gasteiger partial charge in [-0.1, -0.05) is 87.4 Å². The van der Waals surface area contributed by atoms with Gasteiger partial charge in [-0.25, -0.2) is 4.79 Å². The minimum Gasteiger partial charge on any atom is -0.494 e. The Bertz CT molecular complexity index is 767. The lowest BCUT2D eigenvalue weighted by Gasteiger charge is -2.06. The SMILES string of the molecule is CCCCCCCCCCOc1ccc(/C=N/OC(=O)/C=C/c2ccccc2)cc1. The van der Waals surface area contributed by atoms with Crippen LogP contribution in [0.4, 0.5) is 0 Å². The van der Waals surface area contributed by atoms with Gasteiger partial charge in [0.15, 0.2) is 0 Å². The van der Waals surface area contributed by atoms with E-state index in [1.807, 2.05) is 54.6 Å². The zero-order valence-corrected chi connectivity index (χ0v) is 18.0. The number of carbonyl (C=O) groups is 1. The van der Waals surface area contributed by atoms with Gasteiger partial charge in [0.2, 0.25) is 0 Å². The van der Waals surface area contributed by atoms with Gasteiger partial charge in [0.25, 0.3) is 0 Å². The van der Waals surface area contributed by atoms with Gasteiger partial charge < -0.3 is 9.57 Å². The number of rotatable bonds is 14. The molecule has 0 radical (unpaired) electrons. The van der Waals surface area contributed by atoms with Crippen LogP contribution in [-0.4, -0.2) is 18.8 Å². The van der Waals surface area contributed by atoms with Crippen LogP contribution < -0.4 is 4.74 Å². The molecule has 2 aromatic rings. The second kappa shape index (κ2) is 15.0. The molecule has 0 fully saturated rings. The molecule has 0 bridgehead atoms. The lowest BCUT2D eigenvalue weighted by molar-refractivity contribution is -0.137. The standard InChI is InChI=1S/C26H33NO3/c1-2-3-4-5-6-7-8-12-21-29-25-18-15-24(16-19-25)22-27-30-26(28)20-17-23-13-10-9-11-14-23/h9-11,13-20,22H,2-8,12,21H2,1H3/b20-17+,27-22+. The van der Waals surface area contributed by atoms with Crippen LogP contribution in [0, 0.1) is 0 Å². The van der Waals surface area contributed by atoms with Gasteiger partial charge in [-0.15, -0.1) is 0 Å². The van der Waals surface area contributed by atoms with Crippen molar-refractivity contribution in [1.82, 2.24) is 0 Å². The van der Waals surface area contributed by atoms with E-state index in [1.54, 1.807) is 6.08 Å². The van der Waals surface area contributed by atoms with Gasteiger partial charge in [0.1, 0.15) is 5.75 Å². The highest BCUT2D eigenvalue weighted by Crippen LogP contribution is 2.13. The molecule has 0 saturated carbocycles. The number of hydrogen-bond acceptors (Lipinski definition) is 4. The minimum atomic E-state index is -0.513. The van der Waals surface area contributed by atoms with E-state index in [2.05, 4.69) is 12.1 Å². The normalized spacial score (nSPS) is 11.2. The molecule has 0 saturated heterocycles. The average Bonchev–Trinajstić information content (AvgIpc) is 2.78. The zero-order valence-electron chi connectivity index (χ0n) is 18.0. The van der Waals surface area contributed by atoms with Crippen molar-refractivity contribution < 1.29 is 14.4 Å². The maximum absolute atomic E-state index is 11.7. The number of hydrogen-bond donors (Lipinski definition) is 0. The van der Waals surface area contributed by atoms with Crippen molar-refractivity contribution in [2.75, 3.05) is 6.61 Å². The van der Waals surface area contributed by atoms with E-state index in [-0.39, 0.29) is 0 Å². The Labute approximate surface area is 180 Å². The molecular formula is C26H33NO3. The summed E-state index contributed by atoms with van der Waals surface area (Å²) < 4.78 is 5.78. The van der Waals surface area contributed by atoms with Gasteiger partial charge in [-0.3, -0.25) is 0 Å². The number of unbranched alkanes of at least 4 members (excludes halogenated alkanes) is 7. The van der Waals surface area contributed by atoms with Crippen molar-refractivity contribution in [3.8, 4) is 5.75 Å². The molecular weight excluding hydrogens is 374 g/mol. The predicted octanol–water partition coefficient (Wildman–Crippen LogP) is 6.80. The van der Waals surface area contributed by atoms with Crippen LogP contribution in [0.3, 0.4) is 0 Å². The molecule has 0 atom stereocenters. The third kappa shape index (κ3) is 10.6. The van der Waals surface area contributed by atoms with E-state index in [4.69, 9.17) is 9.57 Å². The summed E-state index contributed by atoms with van der Waals surface area (Å²) in [7, 11) is 0. The summed E-state index contributed by atoms with van der Waals surface area (Å²) in [6, 6.07) is 17.1. The quantitative estimate of drug-likeness (QED) is 0.114. The second-order valence-corrected chi connectivity index (χ2v) is 7.28. The Balaban J connectivity index is 1.59. The predicted molar refractivity (Wildman–Crippen MR) is 124 cm³/mol.